The van der Waals surface area contributed by atoms with Crippen molar-refractivity contribution in [2.75, 3.05) is 0 Å². The van der Waals surface area contributed by atoms with Crippen LogP contribution in [0, 0.1) is 0 Å². The second kappa shape index (κ2) is 4.61. The maximum Gasteiger partial charge on any atom is 0.199 e. The first-order valence-corrected chi connectivity index (χ1v) is 5.64. The summed E-state index contributed by atoms with van der Waals surface area (Å²) in [4.78, 5) is 15.1. The van der Waals surface area contributed by atoms with Gasteiger partial charge in [0.05, 0.1) is 0 Å². The number of aromatic nitrogens is 1. The number of hydrogen-bond acceptors (Lipinski definition) is 3. The molecule has 0 N–H and O–H groups in total. The van der Waals surface area contributed by atoms with Crippen LogP contribution in [0.2, 0.25) is 0 Å². The van der Waals surface area contributed by atoms with Gasteiger partial charge in [0.15, 0.2) is 11.7 Å². The number of benzene rings is 1. The molecule has 0 aliphatic carbocycles. The average Bonchev–Trinajstić information content (AvgIpc) is 2.66. The molecule has 0 bridgehead atoms. The summed E-state index contributed by atoms with van der Waals surface area (Å²) in [5.41, 5.74) is 1.47. The maximum atomic E-state index is 11.0. The van der Waals surface area contributed by atoms with Gasteiger partial charge in [-0.1, -0.05) is 28.1 Å². The van der Waals surface area contributed by atoms with Crippen LogP contribution in [0.4, 0.5) is 0 Å². The van der Waals surface area contributed by atoms with Crippen molar-refractivity contribution in [3.05, 3.63) is 52.1 Å². The summed E-state index contributed by atoms with van der Waals surface area (Å²) in [5.74, 6) is 0.479. The monoisotopic (exact) mass is 279 g/mol. The zero-order chi connectivity index (χ0) is 11.5. The first-order chi connectivity index (χ1) is 7.65. The van der Waals surface area contributed by atoms with Crippen LogP contribution in [0.15, 0.2) is 39.4 Å². The minimum Gasteiger partial charge on any atom is -0.448 e. The lowest BCUT2D eigenvalue weighted by molar-refractivity contribution is 0.101. The van der Waals surface area contributed by atoms with E-state index in [0.29, 0.717) is 18.0 Å². The minimum atomic E-state index is -0.0794. The number of carbonyl (C=O) groups excluding carboxylic acids is 1. The van der Waals surface area contributed by atoms with Crippen molar-refractivity contribution < 1.29 is 9.21 Å². The Kier molecular flexibility index (Phi) is 3.19. The van der Waals surface area contributed by atoms with Gasteiger partial charge in [0.2, 0.25) is 0 Å². The van der Waals surface area contributed by atoms with Gasteiger partial charge in [-0.2, -0.15) is 0 Å². The second-order valence-corrected chi connectivity index (χ2v) is 4.41. The number of halogens is 1. The Hall–Kier alpha value is -1.42. The highest BCUT2D eigenvalue weighted by Crippen LogP contribution is 2.15. The van der Waals surface area contributed by atoms with Crippen LogP contribution in [0.3, 0.4) is 0 Å². The molecule has 0 saturated heterocycles. The number of nitrogens with zero attached hydrogens (tertiary/aromatic N) is 1. The predicted molar refractivity (Wildman–Crippen MR) is 63.5 cm³/mol. The summed E-state index contributed by atoms with van der Waals surface area (Å²) in [7, 11) is 0. The quantitative estimate of drug-likeness (QED) is 0.811. The molecule has 0 fully saturated rings. The van der Waals surface area contributed by atoms with Gasteiger partial charge in [-0.3, -0.25) is 4.79 Å². The molecule has 1 aromatic heterocycles. The fourth-order valence-corrected chi connectivity index (χ4v) is 1.82. The van der Waals surface area contributed by atoms with E-state index in [1.807, 2.05) is 24.3 Å². The van der Waals surface area contributed by atoms with Crippen molar-refractivity contribution in [1.82, 2.24) is 4.98 Å². The number of ketones is 1. The third kappa shape index (κ3) is 2.58. The molecule has 16 heavy (non-hydrogen) atoms. The first-order valence-electron chi connectivity index (χ1n) is 4.85. The van der Waals surface area contributed by atoms with Crippen molar-refractivity contribution in [3.8, 4) is 0 Å². The molecule has 2 rings (SSSR count). The van der Waals surface area contributed by atoms with Gasteiger partial charge in [-0.25, -0.2) is 4.98 Å². The Morgan fingerprint density at radius 3 is 2.94 bits per heavy atom. The van der Waals surface area contributed by atoms with E-state index in [2.05, 4.69) is 20.9 Å². The Bertz CT molecular complexity index is 519. The summed E-state index contributed by atoms with van der Waals surface area (Å²) >= 11 is 3.40. The van der Waals surface area contributed by atoms with E-state index in [-0.39, 0.29) is 5.78 Å². The van der Waals surface area contributed by atoms with E-state index >= 15 is 0 Å². The molecule has 0 saturated carbocycles. The molecular weight excluding hydrogens is 270 g/mol. The Morgan fingerprint density at radius 2 is 2.31 bits per heavy atom. The number of oxazole rings is 1. The first kappa shape index (κ1) is 11.1. The molecule has 0 atom stereocenters. The van der Waals surface area contributed by atoms with Gasteiger partial charge in [-0.15, -0.1) is 0 Å². The lowest BCUT2D eigenvalue weighted by atomic mass is 10.1. The molecule has 1 aromatic carbocycles. The van der Waals surface area contributed by atoms with Gasteiger partial charge in [0.25, 0.3) is 0 Å². The van der Waals surface area contributed by atoms with E-state index in [1.54, 1.807) is 0 Å². The number of hydrogen-bond donors (Lipinski definition) is 0. The van der Waals surface area contributed by atoms with Crippen LogP contribution in [0.1, 0.15) is 28.9 Å². The van der Waals surface area contributed by atoms with Crippen molar-refractivity contribution in [2.24, 2.45) is 0 Å². The normalized spacial score (nSPS) is 10.4. The maximum absolute atomic E-state index is 11.0. The van der Waals surface area contributed by atoms with E-state index in [1.165, 1.54) is 13.2 Å². The molecule has 0 spiro atoms. The summed E-state index contributed by atoms with van der Waals surface area (Å²) < 4.78 is 6.24. The Balaban J connectivity index is 2.17. The minimum absolute atomic E-state index is 0.0794. The molecule has 1 heterocycles. The molecule has 0 amide bonds. The molecule has 3 nitrogen and oxygen atoms in total. The smallest absolute Gasteiger partial charge is 0.199 e. The molecule has 0 aliphatic heterocycles. The molecule has 82 valence electrons. The predicted octanol–water partition coefficient (Wildman–Crippen LogP) is 3.23. The third-order valence-electron chi connectivity index (χ3n) is 2.16. The van der Waals surface area contributed by atoms with Crippen molar-refractivity contribution in [1.29, 1.82) is 0 Å². The van der Waals surface area contributed by atoms with Crippen LogP contribution < -0.4 is 0 Å². The Morgan fingerprint density at radius 1 is 1.50 bits per heavy atom. The Labute approximate surface area is 102 Å². The van der Waals surface area contributed by atoms with Crippen LogP contribution >= 0.6 is 15.9 Å². The van der Waals surface area contributed by atoms with Crippen LogP contribution in [-0.2, 0) is 6.42 Å². The number of carbonyl (C=O) groups is 1. The summed E-state index contributed by atoms with van der Waals surface area (Å²) in [6, 6.07) is 7.90. The SMILES string of the molecule is CC(=O)c1coc(Cc2cccc(Br)c2)n1. The van der Waals surface area contributed by atoms with E-state index in [4.69, 9.17) is 4.42 Å². The number of Topliss-reactive ketones (excluding diaryl/α,β-unsaturated/α-hetero) is 1. The van der Waals surface area contributed by atoms with Crippen molar-refractivity contribution in [2.45, 2.75) is 13.3 Å². The summed E-state index contributed by atoms with van der Waals surface area (Å²) in [6.07, 6.45) is 1.99. The zero-order valence-electron chi connectivity index (χ0n) is 8.74. The fourth-order valence-electron chi connectivity index (χ4n) is 1.38. The van der Waals surface area contributed by atoms with Gasteiger partial charge in [-0.05, 0) is 17.7 Å². The van der Waals surface area contributed by atoms with Gasteiger partial charge in [0.1, 0.15) is 12.0 Å². The molecule has 2 aromatic rings. The molecular formula is C12H10BrNO2. The standard InChI is InChI=1S/C12H10BrNO2/c1-8(15)11-7-16-12(14-11)6-9-3-2-4-10(13)5-9/h2-5,7H,6H2,1H3. The second-order valence-electron chi connectivity index (χ2n) is 3.49. The van der Waals surface area contributed by atoms with Crippen LogP contribution in [-0.4, -0.2) is 10.8 Å². The summed E-state index contributed by atoms with van der Waals surface area (Å²) in [5, 5.41) is 0. The largest absolute Gasteiger partial charge is 0.448 e. The lowest BCUT2D eigenvalue weighted by Crippen LogP contribution is -1.93. The average molecular weight is 280 g/mol. The van der Waals surface area contributed by atoms with Crippen LogP contribution in [0.5, 0.6) is 0 Å². The van der Waals surface area contributed by atoms with Gasteiger partial charge < -0.3 is 4.42 Å². The van der Waals surface area contributed by atoms with Crippen LogP contribution in [0.25, 0.3) is 0 Å². The van der Waals surface area contributed by atoms with Crippen molar-refractivity contribution in [3.63, 3.8) is 0 Å². The van der Waals surface area contributed by atoms with E-state index < -0.39 is 0 Å². The van der Waals surface area contributed by atoms with Crippen molar-refractivity contribution >= 4 is 21.7 Å². The lowest BCUT2D eigenvalue weighted by Gasteiger charge is -1.97. The highest BCUT2D eigenvalue weighted by atomic mass is 79.9. The van der Waals surface area contributed by atoms with E-state index in [9.17, 15) is 4.79 Å². The number of rotatable bonds is 3. The third-order valence-corrected chi connectivity index (χ3v) is 2.65. The topological polar surface area (TPSA) is 43.1 Å². The molecule has 0 radical (unpaired) electrons. The summed E-state index contributed by atoms with van der Waals surface area (Å²) in [6.45, 7) is 1.47. The molecule has 4 heteroatoms. The van der Waals surface area contributed by atoms with E-state index in [0.717, 1.165) is 10.0 Å². The zero-order valence-corrected chi connectivity index (χ0v) is 10.3. The van der Waals surface area contributed by atoms with Gasteiger partial charge in [0, 0.05) is 17.8 Å². The molecule has 0 aliphatic rings. The fraction of sp³-hybridized carbons (Fsp3) is 0.167. The highest BCUT2D eigenvalue weighted by molar-refractivity contribution is 9.10. The van der Waals surface area contributed by atoms with Gasteiger partial charge >= 0.3 is 0 Å². The molecule has 0 unspecified atom stereocenters. The highest BCUT2D eigenvalue weighted by Gasteiger charge is 2.08.